The number of para-hydroxylation sites is 3. The Bertz CT molecular complexity index is 1240. The van der Waals surface area contributed by atoms with Crippen LogP contribution < -0.4 is 10.2 Å². The summed E-state index contributed by atoms with van der Waals surface area (Å²) in [6.07, 6.45) is 7.14. The summed E-state index contributed by atoms with van der Waals surface area (Å²) in [5, 5.41) is 12.6. The van der Waals surface area contributed by atoms with E-state index in [0.717, 1.165) is 35.7 Å². The summed E-state index contributed by atoms with van der Waals surface area (Å²) in [5.74, 6) is 0.851. The van der Waals surface area contributed by atoms with Crippen LogP contribution in [0.3, 0.4) is 0 Å². The molecule has 0 unspecified atom stereocenters. The molecule has 0 atom stereocenters. The first kappa shape index (κ1) is 22.2. The highest BCUT2D eigenvalue weighted by molar-refractivity contribution is 7.99. The number of aromatic nitrogens is 4. The maximum Gasteiger partial charge on any atom is 0.234 e. The summed E-state index contributed by atoms with van der Waals surface area (Å²) in [6.45, 7) is 2.05. The molecule has 0 bridgehead atoms. The quantitative estimate of drug-likeness (QED) is 0.381. The van der Waals surface area contributed by atoms with Crippen molar-refractivity contribution in [1.29, 1.82) is 0 Å². The van der Waals surface area contributed by atoms with E-state index in [-0.39, 0.29) is 11.7 Å². The maximum absolute atomic E-state index is 12.9. The Morgan fingerprint density at radius 2 is 1.71 bits per heavy atom. The van der Waals surface area contributed by atoms with Crippen LogP contribution in [0.1, 0.15) is 19.3 Å². The molecule has 3 heterocycles. The van der Waals surface area contributed by atoms with Crippen LogP contribution in [0.2, 0.25) is 0 Å². The summed E-state index contributed by atoms with van der Waals surface area (Å²) < 4.78 is 1.97. The number of amides is 1. The van der Waals surface area contributed by atoms with Gasteiger partial charge in [0.25, 0.3) is 0 Å². The van der Waals surface area contributed by atoms with E-state index in [1.807, 2.05) is 65.2 Å². The predicted octanol–water partition coefficient (Wildman–Crippen LogP) is 5.05. The van der Waals surface area contributed by atoms with Crippen LogP contribution in [0.25, 0.3) is 17.1 Å². The number of hydrogen-bond acceptors (Lipinski definition) is 6. The fourth-order valence-electron chi connectivity index (χ4n) is 4.16. The number of nitrogens with zero attached hydrogens (tertiary/aromatic N) is 5. The van der Waals surface area contributed by atoms with Gasteiger partial charge < -0.3 is 10.2 Å². The largest absolute Gasteiger partial charge is 0.370 e. The topological polar surface area (TPSA) is 75.9 Å². The molecule has 5 rings (SSSR count). The molecule has 7 nitrogen and oxygen atoms in total. The van der Waals surface area contributed by atoms with E-state index in [4.69, 9.17) is 0 Å². The highest BCUT2D eigenvalue weighted by Gasteiger charge is 2.19. The normalized spacial score (nSPS) is 13.6. The number of rotatable bonds is 7. The van der Waals surface area contributed by atoms with Crippen LogP contribution in [0.5, 0.6) is 0 Å². The summed E-state index contributed by atoms with van der Waals surface area (Å²) in [5.41, 5.74) is 3.75. The summed E-state index contributed by atoms with van der Waals surface area (Å²) in [4.78, 5) is 19.5. The highest BCUT2D eigenvalue weighted by Crippen LogP contribution is 2.30. The molecule has 0 saturated carbocycles. The number of pyridine rings is 1. The second-order valence-electron chi connectivity index (χ2n) is 8.12. The van der Waals surface area contributed by atoms with Crippen molar-refractivity contribution in [3.05, 3.63) is 79.1 Å². The highest BCUT2D eigenvalue weighted by atomic mass is 32.2. The summed E-state index contributed by atoms with van der Waals surface area (Å²) in [7, 11) is 0. The molecule has 0 aliphatic carbocycles. The Balaban J connectivity index is 1.34. The van der Waals surface area contributed by atoms with Gasteiger partial charge in [-0.1, -0.05) is 42.1 Å². The van der Waals surface area contributed by atoms with Crippen molar-refractivity contribution in [3.8, 4) is 17.1 Å². The lowest BCUT2D eigenvalue weighted by atomic mass is 10.1. The van der Waals surface area contributed by atoms with Crippen LogP contribution in [0, 0.1) is 0 Å². The molecular weight excluding hydrogens is 444 g/mol. The first-order chi connectivity index (χ1) is 16.8. The number of carbonyl (C=O) groups excluding carboxylic acids is 1. The average Bonchev–Trinajstić information content (AvgIpc) is 3.33. The van der Waals surface area contributed by atoms with E-state index in [9.17, 15) is 4.79 Å². The second kappa shape index (κ2) is 10.5. The molecular formula is C26H26N6OS. The zero-order valence-electron chi connectivity index (χ0n) is 18.8. The Labute approximate surface area is 203 Å². The SMILES string of the molecule is O=C(CSc1nnc(-c2cccnc2)n1-c1ccccc1)Nc1ccccc1N1CCCCC1. The minimum atomic E-state index is -0.0694. The van der Waals surface area contributed by atoms with Gasteiger partial charge in [0.2, 0.25) is 5.91 Å². The molecule has 4 aromatic rings. The van der Waals surface area contributed by atoms with E-state index >= 15 is 0 Å². The molecule has 1 fully saturated rings. The Morgan fingerprint density at radius 3 is 2.50 bits per heavy atom. The summed E-state index contributed by atoms with van der Waals surface area (Å²) >= 11 is 1.37. The van der Waals surface area contributed by atoms with Crippen molar-refractivity contribution in [3.63, 3.8) is 0 Å². The van der Waals surface area contributed by atoms with E-state index in [1.165, 1.54) is 31.0 Å². The maximum atomic E-state index is 12.9. The standard InChI is InChI=1S/C26H26N6OS/c33-24(28-22-13-5-6-14-23(22)31-16-7-2-8-17-31)19-34-26-30-29-25(20-10-9-15-27-18-20)32(26)21-11-3-1-4-12-21/h1,3-6,9-15,18H,2,7-8,16-17,19H2,(H,28,33). The molecule has 1 aliphatic rings. The van der Waals surface area contributed by atoms with Gasteiger partial charge in [-0.15, -0.1) is 10.2 Å². The van der Waals surface area contributed by atoms with Crippen LogP contribution in [-0.2, 0) is 4.79 Å². The number of thioether (sulfide) groups is 1. The number of carbonyl (C=O) groups is 1. The molecule has 1 amide bonds. The molecule has 0 spiro atoms. The van der Waals surface area contributed by atoms with Gasteiger partial charge in [-0.2, -0.15) is 0 Å². The lowest BCUT2D eigenvalue weighted by molar-refractivity contribution is -0.113. The molecule has 172 valence electrons. The first-order valence-electron chi connectivity index (χ1n) is 11.5. The fourth-order valence-corrected chi connectivity index (χ4v) is 4.91. The molecule has 8 heteroatoms. The summed E-state index contributed by atoms with van der Waals surface area (Å²) in [6, 6.07) is 21.8. The molecule has 34 heavy (non-hydrogen) atoms. The van der Waals surface area contributed by atoms with Gasteiger partial charge >= 0.3 is 0 Å². The van der Waals surface area contributed by atoms with Crippen LogP contribution in [0.4, 0.5) is 11.4 Å². The third kappa shape index (κ3) is 4.97. The molecule has 1 aliphatic heterocycles. The second-order valence-corrected chi connectivity index (χ2v) is 9.06. The Kier molecular flexibility index (Phi) is 6.86. The minimum absolute atomic E-state index is 0.0694. The first-order valence-corrected chi connectivity index (χ1v) is 12.5. The van der Waals surface area contributed by atoms with E-state index in [2.05, 4.69) is 31.5 Å². The number of piperidine rings is 1. The van der Waals surface area contributed by atoms with E-state index < -0.39 is 0 Å². The van der Waals surface area contributed by atoms with E-state index in [0.29, 0.717) is 11.0 Å². The van der Waals surface area contributed by atoms with E-state index in [1.54, 1.807) is 12.4 Å². The Morgan fingerprint density at radius 1 is 0.912 bits per heavy atom. The van der Waals surface area contributed by atoms with Gasteiger partial charge in [0.1, 0.15) is 0 Å². The smallest absolute Gasteiger partial charge is 0.234 e. The van der Waals surface area contributed by atoms with Crippen LogP contribution in [0.15, 0.2) is 84.3 Å². The van der Waals surface area contributed by atoms with Crippen molar-refractivity contribution < 1.29 is 4.79 Å². The van der Waals surface area contributed by atoms with Gasteiger partial charge in [0, 0.05) is 36.7 Å². The molecule has 2 aromatic carbocycles. The van der Waals surface area contributed by atoms with Gasteiger partial charge in [-0.05, 0) is 55.7 Å². The average molecular weight is 471 g/mol. The molecule has 1 N–H and O–H groups in total. The zero-order chi connectivity index (χ0) is 23.2. The Hall–Kier alpha value is -3.65. The molecule has 2 aromatic heterocycles. The third-order valence-corrected chi connectivity index (χ3v) is 6.70. The van der Waals surface area contributed by atoms with Crippen molar-refractivity contribution in [2.24, 2.45) is 0 Å². The molecule has 1 saturated heterocycles. The van der Waals surface area contributed by atoms with Gasteiger partial charge in [-0.25, -0.2) is 0 Å². The van der Waals surface area contributed by atoms with Gasteiger partial charge in [0.15, 0.2) is 11.0 Å². The zero-order valence-corrected chi connectivity index (χ0v) is 19.6. The number of nitrogens with one attached hydrogen (secondary N) is 1. The van der Waals surface area contributed by atoms with Crippen molar-refractivity contribution in [2.75, 3.05) is 29.1 Å². The van der Waals surface area contributed by atoms with Crippen molar-refractivity contribution >= 4 is 29.0 Å². The lowest BCUT2D eigenvalue weighted by Crippen LogP contribution is -2.30. The number of benzene rings is 2. The van der Waals surface area contributed by atoms with Gasteiger partial charge in [0.05, 0.1) is 17.1 Å². The fraction of sp³-hybridized carbons (Fsp3) is 0.231. The van der Waals surface area contributed by atoms with Crippen molar-refractivity contribution in [1.82, 2.24) is 19.7 Å². The number of anilines is 2. The van der Waals surface area contributed by atoms with Crippen LogP contribution in [-0.4, -0.2) is 44.5 Å². The third-order valence-electron chi connectivity index (χ3n) is 5.77. The lowest BCUT2D eigenvalue weighted by Gasteiger charge is -2.30. The monoisotopic (exact) mass is 470 g/mol. The molecule has 0 radical (unpaired) electrons. The van der Waals surface area contributed by atoms with Crippen molar-refractivity contribution in [2.45, 2.75) is 24.4 Å². The minimum Gasteiger partial charge on any atom is -0.370 e. The van der Waals surface area contributed by atoms with Gasteiger partial charge in [-0.3, -0.25) is 14.3 Å². The predicted molar refractivity (Wildman–Crippen MR) is 136 cm³/mol. The van der Waals surface area contributed by atoms with Crippen LogP contribution >= 0.6 is 11.8 Å². The number of hydrogen-bond donors (Lipinski definition) is 1.